The number of alkyl halides is 6. The Morgan fingerprint density at radius 2 is 1.56 bits per heavy atom. The van der Waals surface area contributed by atoms with Gasteiger partial charge in [-0.2, -0.15) is 26.3 Å². The molecule has 0 spiro atoms. The second kappa shape index (κ2) is 14.5. The molecule has 0 saturated carbocycles. The molecule has 3 aromatic carbocycles. The van der Waals surface area contributed by atoms with E-state index in [1.54, 1.807) is 66.7 Å². The van der Waals surface area contributed by atoms with E-state index in [0.717, 1.165) is 5.56 Å². The number of rotatable bonds is 11. The van der Waals surface area contributed by atoms with Gasteiger partial charge in [0.25, 0.3) is 0 Å². The maximum absolute atomic E-state index is 13.9. The van der Waals surface area contributed by atoms with Crippen LogP contribution in [0, 0.1) is 0 Å². The minimum Gasteiger partial charge on any atom is -0.444 e. The zero-order chi connectivity index (χ0) is 32.7. The second-order valence-corrected chi connectivity index (χ2v) is 10.5. The van der Waals surface area contributed by atoms with Crippen LogP contribution in [-0.4, -0.2) is 42.1 Å². The Kier molecular flexibility index (Phi) is 10.9. The van der Waals surface area contributed by atoms with Crippen molar-refractivity contribution in [2.45, 2.75) is 56.6 Å². The summed E-state index contributed by atoms with van der Waals surface area (Å²) >= 11 is 0. The normalized spacial score (nSPS) is 19.4. The molecule has 0 fully saturated rings. The summed E-state index contributed by atoms with van der Waals surface area (Å²) in [6.07, 6.45) is -8.98. The number of hydrogen-bond donors (Lipinski definition) is 1. The fourth-order valence-electron chi connectivity index (χ4n) is 5.04. The van der Waals surface area contributed by atoms with Gasteiger partial charge in [-0.15, -0.1) is 0 Å². The summed E-state index contributed by atoms with van der Waals surface area (Å²) in [5.74, 6) is 0. The molecule has 45 heavy (non-hydrogen) atoms. The molecule has 12 heteroatoms. The van der Waals surface area contributed by atoms with Gasteiger partial charge in [-0.25, -0.2) is 4.79 Å². The van der Waals surface area contributed by atoms with Crippen molar-refractivity contribution in [3.63, 3.8) is 0 Å². The zero-order valence-corrected chi connectivity index (χ0v) is 24.4. The van der Waals surface area contributed by atoms with Gasteiger partial charge < -0.3 is 19.3 Å². The topological polar surface area (TPSA) is 68.2 Å². The molecule has 0 aliphatic carbocycles. The predicted octanol–water partition coefficient (Wildman–Crippen LogP) is 8.02. The number of aliphatic hydroxyl groups is 1. The standard InChI is InChI=1S/C33H33F6NO5/c1-23(25-18-27(32(34,35)36)20-28(19-25)33(37,38)39)45-22-31(26-12-6-3-7-13-26)15-8-14-29(43-17-9-16-41)40(31)30(42)44-21-24-10-4-2-5-11-24/h2-8,10-13,15,18-20,23,29,41H,9,14,16-17,21-22H2,1H3. The first-order valence-corrected chi connectivity index (χ1v) is 14.2. The first kappa shape index (κ1) is 34.0. The maximum Gasteiger partial charge on any atom is 0.416 e. The minimum absolute atomic E-state index is 0.0599. The molecule has 3 atom stereocenters. The Balaban J connectivity index is 1.72. The van der Waals surface area contributed by atoms with Crippen LogP contribution in [0.5, 0.6) is 0 Å². The molecule has 0 saturated heterocycles. The summed E-state index contributed by atoms with van der Waals surface area (Å²) in [5.41, 5.74) is -3.42. The van der Waals surface area contributed by atoms with Gasteiger partial charge in [-0.3, -0.25) is 4.90 Å². The van der Waals surface area contributed by atoms with Gasteiger partial charge in [0.15, 0.2) is 0 Å². The third-order valence-electron chi connectivity index (χ3n) is 7.37. The fourth-order valence-corrected chi connectivity index (χ4v) is 5.04. The third kappa shape index (κ3) is 8.44. The van der Waals surface area contributed by atoms with Crippen LogP contribution in [0.3, 0.4) is 0 Å². The Morgan fingerprint density at radius 1 is 0.956 bits per heavy atom. The molecule has 242 valence electrons. The zero-order valence-electron chi connectivity index (χ0n) is 24.4. The van der Waals surface area contributed by atoms with Crippen LogP contribution in [0.15, 0.2) is 91.0 Å². The lowest BCUT2D eigenvalue weighted by Crippen LogP contribution is -2.58. The van der Waals surface area contributed by atoms with Gasteiger partial charge in [0.05, 0.1) is 30.4 Å². The first-order valence-electron chi connectivity index (χ1n) is 14.2. The van der Waals surface area contributed by atoms with E-state index in [-0.39, 0.29) is 50.9 Å². The van der Waals surface area contributed by atoms with Crippen molar-refractivity contribution in [2.24, 2.45) is 0 Å². The molecule has 3 aromatic rings. The van der Waals surface area contributed by atoms with Gasteiger partial charge in [-0.1, -0.05) is 72.8 Å². The number of carbonyl (C=O) groups is 1. The quantitative estimate of drug-likeness (QED) is 0.131. The Labute approximate surface area is 256 Å². The number of amides is 1. The monoisotopic (exact) mass is 637 g/mol. The molecule has 0 aromatic heterocycles. The Hall–Kier alpha value is -3.87. The molecule has 6 nitrogen and oxygen atoms in total. The molecule has 1 amide bonds. The molecule has 1 N–H and O–H groups in total. The molecule has 1 aliphatic rings. The largest absolute Gasteiger partial charge is 0.444 e. The van der Waals surface area contributed by atoms with Crippen LogP contribution >= 0.6 is 0 Å². The van der Waals surface area contributed by atoms with Crippen molar-refractivity contribution in [3.05, 3.63) is 119 Å². The average Bonchev–Trinajstić information content (AvgIpc) is 3.02. The first-order chi connectivity index (χ1) is 21.3. The van der Waals surface area contributed by atoms with E-state index in [1.165, 1.54) is 11.8 Å². The van der Waals surface area contributed by atoms with E-state index in [9.17, 15) is 36.2 Å². The van der Waals surface area contributed by atoms with E-state index in [1.807, 2.05) is 6.07 Å². The number of aliphatic hydroxyl groups excluding tert-OH is 1. The molecule has 0 radical (unpaired) electrons. The van der Waals surface area contributed by atoms with Crippen molar-refractivity contribution >= 4 is 6.09 Å². The molecular formula is C33H33F6NO5. The number of halogens is 6. The molecule has 1 heterocycles. The highest BCUT2D eigenvalue weighted by molar-refractivity contribution is 5.70. The van der Waals surface area contributed by atoms with Crippen molar-refractivity contribution in [2.75, 3.05) is 19.8 Å². The summed E-state index contributed by atoms with van der Waals surface area (Å²) in [5, 5.41) is 9.29. The fraction of sp³-hybridized carbons (Fsp3) is 0.364. The van der Waals surface area contributed by atoms with Gasteiger partial charge in [0, 0.05) is 13.0 Å². The van der Waals surface area contributed by atoms with Crippen LogP contribution in [-0.2, 0) is 38.7 Å². The molecule has 4 rings (SSSR count). The smallest absolute Gasteiger partial charge is 0.416 e. The van der Waals surface area contributed by atoms with E-state index < -0.39 is 47.4 Å². The lowest BCUT2D eigenvalue weighted by atomic mass is 9.85. The predicted molar refractivity (Wildman–Crippen MR) is 153 cm³/mol. The molecule has 0 bridgehead atoms. The molecule has 3 unspecified atom stereocenters. The van der Waals surface area contributed by atoms with Crippen LogP contribution in [0.2, 0.25) is 0 Å². The van der Waals surface area contributed by atoms with E-state index in [4.69, 9.17) is 14.2 Å². The SMILES string of the molecule is CC(OCC1(c2ccccc2)C=CCC(OCCCO)N1C(=O)OCc1ccccc1)c1cc(C(F)(F)F)cc(C(F)(F)F)c1. The lowest BCUT2D eigenvalue weighted by Gasteiger charge is -2.47. The molecule has 1 aliphatic heterocycles. The number of hydrogen-bond acceptors (Lipinski definition) is 5. The maximum atomic E-state index is 13.9. The van der Waals surface area contributed by atoms with Crippen LogP contribution < -0.4 is 0 Å². The van der Waals surface area contributed by atoms with E-state index in [2.05, 4.69) is 0 Å². The summed E-state index contributed by atoms with van der Waals surface area (Å²) in [4.78, 5) is 15.2. The van der Waals surface area contributed by atoms with Crippen molar-refractivity contribution in [3.8, 4) is 0 Å². The second-order valence-electron chi connectivity index (χ2n) is 10.5. The van der Waals surface area contributed by atoms with Gasteiger partial charge in [0.1, 0.15) is 18.4 Å². The Morgan fingerprint density at radius 3 is 2.13 bits per heavy atom. The summed E-state index contributed by atoms with van der Waals surface area (Å²) in [7, 11) is 0. The highest BCUT2D eigenvalue weighted by Gasteiger charge is 2.47. The number of ether oxygens (including phenoxy) is 3. The van der Waals surface area contributed by atoms with Gasteiger partial charge in [-0.05, 0) is 48.2 Å². The van der Waals surface area contributed by atoms with Crippen molar-refractivity contribution < 1.29 is 50.5 Å². The van der Waals surface area contributed by atoms with E-state index in [0.29, 0.717) is 17.7 Å². The van der Waals surface area contributed by atoms with Crippen LogP contribution in [0.25, 0.3) is 0 Å². The van der Waals surface area contributed by atoms with Crippen molar-refractivity contribution in [1.29, 1.82) is 0 Å². The van der Waals surface area contributed by atoms with Crippen LogP contribution in [0.4, 0.5) is 31.1 Å². The van der Waals surface area contributed by atoms with Crippen LogP contribution in [0.1, 0.15) is 53.7 Å². The summed E-state index contributed by atoms with van der Waals surface area (Å²) < 4.78 is 99.1. The number of nitrogens with zero attached hydrogens (tertiary/aromatic N) is 1. The van der Waals surface area contributed by atoms with Gasteiger partial charge >= 0.3 is 18.4 Å². The summed E-state index contributed by atoms with van der Waals surface area (Å²) in [6.45, 7) is 0.850. The number of carbonyl (C=O) groups excluding carboxylic acids is 1. The Bertz CT molecular complexity index is 1400. The average molecular weight is 638 g/mol. The molecular weight excluding hydrogens is 604 g/mol. The highest BCUT2D eigenvalue weighted by atomic mass is 19.4. The minimum atomic E-state index is -5.02. The van der Waals surface area contributed by atoms with Gasteiger partial charge in [0.2, 0.25) is 0 Å². The summed E-state index contributed by atoms with van der Waals surface area (Å²) in [6, 6.07) is 18.9. The lowest BCUT2D eigenvalue weighted by molar-refractivity contribution is -0.143. The highest BCUT2D eigenvalue weighted by Crippen LogP contribution is 2.41. The third-order valence-corrected chi connectivity index (χ3v) is 7.37. The number of benzene rings is 3. The van der Waals surface area contributed by atoms with E-state index >= 15 is 0 Å². The van der Waals surface area contributed by atoms with Crippen molar-refractivity contribution in [1.82, 2.24) is 4.90 Å².